The monoisotopic (exact) mass is 377 g/mol. The molecule has 7 heteroatoms. The first-order chi connectivity index (χ1) is 13.6. The van der Waals surface area contributed by atoms with Crippen LogP contribution < -0.4 is 5.32 Å². The molecule has 2 aliphatic carbocycles. The number of hydrogen-bond acceptors (Lipinski definition) is 5. The van der Waals surface area contributed by atoms with Gasteiger partial charge in [0, 0.05) is 5.56 Å². The van der Waals surface area contributed by atoms with Crippen LogP contribution in [0.1, 0.15) is 37.0 Å². The predicted octanol–water partition coefficient (Wildman–Crippen LogP) is 2.83. The molecule has 0 radical (unpaired) electrons. The van der Waals surface area contributed by atoms with Crippen molar-refractivity contribution in [2.45, 2.75) is 38.3 Å². The SMILES string of the molecule is CC[C@@H]1[C@@H](C)[C@@H](O)[C@]2(n3cnc4c(NC(=O)c5ccccc5)ncnc43)C[C@@H]12. The normalized spacial score (nSPS) is 31.0. The highest BCUT2D eigenvalue weighted by Crippen LogP contribution is 2.67. The van der Waals surface area contributed by atoms with Crippen molar-refractivity contribution < 1.29 is 9.90 Å². The van der Waals surface area contributed by atoms with Gasteiger partial charge in [-0.2, -0.15) is 0 Å². The van der Waals surface area contributed by atoms with Gasteiger partial charge < -0.3 is 15.0 Å². The molecule has 1 amide bonds. The minimum atomic E-state index is -0.419. The largest absolute Gasteiger partial charge is 0.390 e. The predicted molar refractivity (Wildman–Crippen MR) is 105 cm³/mol. The molecule has 2 heterocycles. The molecule has 0 spiro atoms. The molecular formula is C21H23N5O2. The fraction of sp³-hybridized carbons (Fsp3) is 0.429. The van der Waals surface area contributed by atoms with Gasteiger partial charge in [-0.25, -0.2) is 15.0 Å². The van der Waals surface area contributed by atoms with Gasteiger partial charge in [-0.1, -0.05) is 38.5 Å². The Kier molecular flexibility index (Phi) is 3.77. The van der Waals surface area contributed by atoms with Crippen molar-refractivity contribution in [2.24, 2.45) is 17.8 Å². The van der Waals surface area contributed by atoms with E-state index in [0.717, 1.165) is 12.8 Å². The van der Waals surface area contributed by atoms with E-state index in [1.54, 1.807) is 18.5 Å². The second kappa shape index (κ2) is 6.10. The maximum absolute atomic E-state index is 12.5. The van der Waals surface area contributed by atoms with Crippen LogP contribution in [0.25, 0.3) is 11.2 Å². The number of fused-ring (bicyclic) bond motifs is 2. The van der Waals surface area contributed by atoms with E-state index in [4.69, 9.17) is 0 Å². The summed E-state index contributed by atoms with van der Waals surface area (Å²) in [4.78, 5) is 25.7. The molecule has 2 aromatic heterocycles. The number of carbonyl (C=O) groups excluding carboxylic acids is 1. The molecule has 2 aliphatic rings. The Hall–Kier alpha value is -2.80. The number of carbonyl (C=O) groups is 1. The summed E-state index contributed by atoms with van der Waals surface area (Å²) in [7, 11) is 0. The number of benzene rings is 1. The van der Waals surface area contributed by atoms with Crippen molar-refractivity contribution in [3.63, 3.8) is 0 Å². The summed E-state index contributed by atoms with van der Waals surface area (Å²) in [6.07, 6.45) is 4.77. The van der Waals surface area contributed by atoms with Crippen LogP contribution >= 0.6 is 0 Å². The summed E-state index contributed by atoms with van der Waals surface area (Å²) < 4.78 is 2.02. The van der Waals surface area contributed by atoms with E-state index in [-0.39, 0.29) is 17.4 Å². The number of nitrogens with one attached hydrogen (secondary N) is 1. The lowest BCUT2D eigenvalue weighted by molar-refractivity contribution is 0.0637. The van der Waals surface area contributed by atoms with Gasteiger partial charge in [0.05, 0.1) is 18.0 Å². The van der Waals surface area contributed by atoms with Crippen molar-refractivity contribution in [2.75, 3.05) is 5.32 Å². The molecule has 0 bridgehead atoms. The van der Waals surface area contributed by atoms with Crippen LogP contribution in [0.15, 0.2) is 43.0 Å². The van der Waals surface area contributed by atoms with Crippen LogP contribution in [0.4, 0.5) is 5.82 Å². The number of imidazole rings is 1. The smallest absolute Gasteiger partial charge is 0.256 e. The Morgan fingerprint density at radius 1 is 1.29 bits per heavy atom. The Labute approximate surface area is 162 Å². The second-order valence-corrected chi connectivity index (χ2v) is 8.01. The lowest BCUT2D eigenvalue weighted by Crippen LogP contribution is -2.33. The van der Waals surface area contributed by atoms with Crippen LogP contribution in [0.2, 0.25) is 0 Å². The first-order valence-corrected chi connectivity index (χ1v) is 9.81. The fourth-order valence-electron chi connectivity index (χ4n) is 5.29. The van der Waals surface area contributed by atoms with Gasteiger partial charge in [-0.05, 0) is 36.3 Å². The second-order valence-electron chi connectivity index (χ2n) is 8.01. The molecule has 0 unspecified atom stereocenters. The van der Waals surface area contributed by atoms with Gasteiger partial charge >= 0.3 is 0 Å². The third-order valence-corrected chi connectivity index (χ3v) is 6.75. The number of nitrogens with zero attached hydrogens (tertiary/aromatic N) is 4. The van der Waals surface area contributed by atoms with Gasteiger partial charge in [0.1, 0.15) is 6.33 Å². The van der Waals surface area contributed by atoms with E-state index in [1.807, 2.05) is 22.8 Å². The van der Waals surface area contributed by atoms with Crippen molar-refractivity contribution in [1.29, 1.82) is 0 Å². The molecule has 1 aromatic carbocycles. The minimum absolute atomic E-state index is 0.238. The van der Waals surface area contributed by atoms with Crippen LogP contribution in [0, 0.1) is 17.8 Å². The third-order valence-electron chi connectivity index (χ3n) is 6.75. The van der Waals surface area contributed by atoms with Crippen molar-refractivity contribution in [1.82, 2.24) is 19.5 Å². The first-order valence-electron chi connectivity index (χ1n) is 9.81. The Morgan fingerprint density at radius 3 is 2.79 bits per heavy atom. The highest BCUT2D eigenvalue weighted by atomic mass is 16.3. The molecule has 3 aromatic rings. The fourth-order valence-corrected chi connectivity index (χ4v) is 5.29. The third kappa shape index (κ3) is 2.26. The molecule has 2 saturated carbocycles. The molecule has 2 N–H and O–H groups in total. The minimum Gasteiger partial charge on any atom is -0.390 e. The summed E-state index contributed by atoms with van der Waals surface area (Å²) in [6.45, 7) is 4.32. The summed E-state index contributed by atoms with van der Waals surface area (Å²) in [5.41, 5.74) is 1.43. The van der Waals surface area contributed by atoms with Crippen molar-refractivity contribution >= 4 is 22.9 Å². The quantitative estimate of drug-likeness (QED) is 0.729. The summed E-state index contributed by atoms with van der Waals surface area (Å²) >= 11 is 0. The van der Waals surface area contributed by atoms with E-state index >= 15 is 0 Å². The Balaban J connectivity index is 1.52. The maximum Gasteiger partial charge on any atom is 0.256 e. The summed E-state index contributed by atoms with van der Waals surface area (Å²) in [5.74, 6) is 1.35. The van der Waals surface area contributed by atoms with E-state index in [2.05, 4.69) is 34.1 Å². The van der Waals surface area contributed by atoms with Gasteiger partial charge in [0.15, 0.2) is 17.0 Å². The number of aliphatic hydroxyl groups excluding tert-OH is 1. The zero-order chi connectivity index (χ0) is 19.5. The number of anilines is 1. The molecule has 144 valence electrons. The number of rotatable bonds is 4. The number of aliphatic hydroxyl groups is 1. The molecule has 28 heavy (non-hydrogen) atoms. The summed E-state index contributed by atoms with van der Waals surface area (Å²) in [6, 6.07) is 9.00. The topological polar surface area (TPSA) is 92.9 Å². The molecule has 0 aliphatic heterocycles. The van der Waals surface area contributed by atoms with Crippen LogP contribution in [-0.2, 0) is 5.54 Å². The van der Waals surface area contributed by atoms with Crippen molar-refractivity contribution in [3.8, 4) is 0 Å². The lowest BCUT2D eigenvalue weighted by Gasteiger charge is -2.25. The molecule has 2 fully saturated rings. The van der Waals surface area contributed by atoms with Crippen LogP contribution in [0.5, 0.6) is 0 Å². The molecule has 7 nitrogen and oxygen atoms in total. The van der Waals surface area contributed by atoms with E-state index in [0.29, 0.717) is 34.4 Å². The van der Waals surface area contributed by atoms with Crippen LogP contribution in [-0.4, -0.2) is 36.6 Å². The zero-order valence-electron chi connectivity index (χ0n) is 15.9. The summed E-state index contributed by atoms with van der Waals surface area (Å²) in [5, 5.41) is 13.8. The van der Waals surface area contributed by atoms with Gasteiger partial charge in [-0.3, -0.25) is 4.79 Å². The van der Waals surface area contributed by atoms with E-state index < -0.39 is 6.10 Å². The van der Waals surface area contributed by atoms with Gasteiger partial charge in [0.25, 0.3) is 5.91 Å². The zero-order valence-corrected chi connectivity index (χ0v) is 15.9. The Bertz CT molecular complexity index is 1050. The van der Waals surface area contributed by atoms with Crippen molar-refractivity contribution in [3.05, 3.63) is 48.5 Å². The average Bonchev–Trinajstić information content (AvgIpc) is 3.22. The lowest BCUT2D eigenvalue weighted by atomic mass is 9.89. The number of aromatic nitrogens is 4. The highest BCUT2D eigenvalue weighted by molar-refractivity contribution is 6.06. The molecule has 0 saturated heterocycles. The van der Waals surface area contributed by atoms with E-state index in [1.165, 1.54) is 6.33 Å². The van der Waals surface area contributed by atoms with E-state index in [9.17, 15) is 9.90 Å². The Morgan fingerprint density at radius 2 is 2.07 bits per heavy atom. The maximum atomic E-state index is 12.5. The molecular weight excluding hydrogens is 354 g/mol. The van der Waals surface area contributed by atoms with Gasteiger partial charge in [0.2, 0.25) is 0 Å². The highest BCUT2D eigenvalue weighted by Gasteiger charge is 2.70. The number of hydrogen-bond donors (Lipinski definition) is 2. The standard InChI is InChI=1S/C21H23N5O2/c1-3-14-12(2)17(27)21(9-15(14)21)26-11-24-16-18(22-10-23-19(16)26)25-20(28)13-7-5-4-6-8-13/h4-8,10-12,14-15,17,27H,3,9H2,1-2H3,(H,22,23,25,28)/t12-,14-,15+,17-,21+/m1/s1. The molecule has 5 rings (SSSR count). The number of amides is 1. The van der Waals surface area contributed by atoms with Gasteiger partial charge in [-0.15, -0.1) is 0 Å². The average molecular weight is 377 g/mol. The van der Waals surface area contributed by atoms with Crippen LogP contribution in [0.3, 0.4) is 0 Å². The first kappa shape index (κ1) is 17.3. The molecule has 5 atom stereocenters.